The lowest BCUT2D eigenvalue weighted by atomic mass is 9.93. The topological polar surface area (TPSA) is 24.9 Å². The lowest BCUT2D eigenvalue weighted by Crippen LogP contribution is -2.33. The van der Waals surface area contributed by atoms with Gasteiger partial charge in [-0.15, -0.1) is 11.3 Å². The van der Waals surface area contributed by atoms with Crippen LogP contribution in [0, 0.1) is 0 Å². The van der Waals surface area contributed by atoms with Crippen molar-refractivity contribution in [1.29, 1.82) is 0 Å². The van der Waals surface area contributed by atoms with Crippen LogP contribution in [0.1, 0.15) is 64.1 Å². The van der Waals surface area contributed by atoms with Crippen LogP contribution >= 0.6 is 23.1 Å². The highest BCUT2D eigenvalue weighted by Gasteiger charge is 2.21. The van der Waals surface area contributed by atoms with Gasteiger partial charge >= 0.3 is 0 Å². The van der Waals surface area contributed by atoms with E-state index < -0.39 is 0 Å². The van der Waals surface area contributed by atoms with Crippen molar-refractivity contribution in [2.24, 2.45) is 0 Å². The molecule has 1 aliphatic carbocycles. The molecule has 0 amide bonds. The molecule has 1 atom stereocenters. The molecule has 0 aliphatic heterocycles. The third kappa shape index (κ3) is 5.57. The van der Waals surface area contributed by atoms with Crippen LogP contribution in [0.4, 0.5) is 0 Å². The minimum absolute atomic E-state index is 0.168. The fraction of sp³-hybridized carbons (Fsp3) is 0.824. The van der Waals surface area contributed by atoms with Crippen molar-refractivity contribution in [2.75, 3.05) is 12.3 Å². The zero-order valence-corrected chi connectivity index (χ0v) is 15.6. The molecule has 1 fully saturated rings. The van der Waals surface area contributed by atoms with E-state index in [4.69, 9.17) is 4.98 Å². The van der Waals surface area contributed by atoms with Gasteiger partial charge in [0.2, 0.25) is 0 Å². The minimum Gasteiger partial charge on any atom is -0.313 e. The van der Waals surface area contributed by atoms with E-state index in [0.29, 0.717) is 6.04 Å². The second-order valence-electron chi connectivity index (χ2n) is 7.08. The molecule has 1 unspecified atom stereocenters. The molecule has 2 nitrogen and oxygen atoms in total. The van der Waals surface area contributed by atoms with Crippen molar-refractivity contribution in [3.8, 4) is 0 Å². The second-order valence-corrected chi connectivity index (χ2v) is 9.35. The zero-order chi connectivity index (χ0) is 15.3. The van der Waals surface area contributed by atoms with Crippen molar-refractivity contribution >= 4 is 23.1 Å². The predicted octanol–water partition coefficient (Wildman–Crippen LogP) is 4.64. The number of hydrogen-bond donors (Lipinski definition) is 1. The van der Waals surface area contributed by atoms with E-state index in [1.165, 1.54) is 42.1 Å². The number of thiazole rings is 1. The van der Waals surface area contributed by atoms with Gasteiger partial charge in [-0.1, -0.05) is 40.5 Å². The average Bonchev–Trinajstić information content (AvgIpc) is 3.06. The summed E-state index contributed by atoms with van der Waals surface area (Å²) in [6.45, 7) is 9.97. The average molecular weight is 327 g/mol. The van der Waals surface area contributed by atoms with Gasteiger partial charge < -0.3 is 5.32 Å². The van der Waals surface area contributed by atoms with Crippen LogP contribution in [0.2, 0.25) is 0 Å². The number of aromatic nitrogens is 1. The van der Waals surface area contributed by atoms with E-state index >= 15 is 0 Å². The molecule has 2 rings (SSSR count). The Hall–Kier alpha value is -0.0600. The highest BCUT2D eigenvalue weighted by atomic mass is 32.2. The number of likely N-dealkylation sites (N-methyl/N-ethyl adjacent to an activating group) is 1. The summed E-state index contributed by atoms with van der Waals surface area (Å²) in [7, 11) is 0. The normalized spacial score (nSPS) is 18.3. The predicted molar refractivity (Wildman–Crippen MR) is 96.7 cm³/mol. The maximum Gasteiger partial charge on any atom is 0.0944 e. The van der Waals surface area contributed by atoms with Crippen LogP contribution in [-0.2, 0) is 11.8 Å². The molecule has 1 N–H and O–H groups in total. The first-order valence-corrected chi connectivity index (χ1v) is 10.2. The molecule has 1 saturated carbocycles. The first kappa shape index (κ1) is 17.3. The largest absolute Gasteiger partial charge is 0.313 e. The molecule has 0 bridgehead atoms. The molecule has 1 heterocycles. The smallest absolute Gasteiger partial charge is 0.0944 e. The van der Waals surface area contributed by atoms with Crippen LogP contribution in [-0.4, -0.2) is 28.6 Å². The van der Waals surface area contributed by atoms with Crippen LogP contribution in [0.25, 0.3) is 0 Å². The van der Waals surface area contributed by atoms with E-state index in [2.05, 4.69) is 50.2 Å². The van der Waals surface area contributed by atoms with E-state index in [9.17, 15) is 0 Å². The number of nitrogens with zero attached hydrogens (tertiary/aromatic N) is 1. The number of nitrogens with one attached hydrogen (secondary N) is 1. The van der Waals surface area contributed by atoms with Gasteiger partial charge in [0, 0.05) is 34.3 Å². The summed E-state index contributed by atoms with van der Waals surface area (Å²) in [6, 6.07) is 0.569. The molecule has 0 spiro atoms. The highest BCUT2D eigenvalue weighted by Crippen LogP contribution is 2.30. The third-order valence-corrected chi connectivity index (χ3v) is 6.48. The molecular formula is C17H30N2S2. The molecule has 0 aromatic carbocycles. The van der Waals surface area contributed by atoms with Crippen LogP contribution in [0.15, 0.2) is 5.38 Å². The van der Waals surface area contributed by atoms with Gasteiger partial charge in [-0.2, -0.15) is 11.8 Å². The molecule has 4 heteroatoms. The molecule has 0 saturated heterocycles. The first-order chi connectivity index (χ1) is 9.99. The lowest BCUT2D eigenvalue weighted by Gasteiger charge is -2.19. The van der Waals surface area contributed by atoms with Gasteiger partial charge in [-0.3, -0.25) is 0 Å². The Morgan fingerprint density at radius 1 is 1.38 bits per heavy atom. The Morgan fingerprint density at radius 3 is 2.67 bits per heavy atom. The van der Waals surface area contributed by atoms with E-state index in [1.807, 2.05) is 11.3 Å². The minimum atomic E-state index is 0.168. The fourth-order valence-corrected chi connectivity index (χ4v) is 5.26. The Morgan fingerprint density at radius 2 is 2.10 bits per heavy atom. The highest BCUT2D eigenvalue weighted by molar-refractivity contribution is 7.99. The number of thioether (sulfide) groups is 1. The summed E-state index contributed by atoms with van der Waals surface area (Å²) in [4.78, 5) is 4.85. The van der Waals surface area contributed by atoms with Gasteiger partial charge in [0.25, 0.3) is 0 Å². The van der Waals surface area contributed by atoms with Crippen molar-refractivity contribution < 1.29 is 0 Å². The Balaban J connectivity index is 1.87. The summed E-state index contributed by atoms with van der Waals surface area (Å²) in [5.74, 6) is 1.23. The van der Waals surface area contributed by atoms with Gasteiger partial charge in [0.05, 0.1) is 10.7 Å². The molecule has 21 heavy (non-hydrogen) atoms. The van der Waals surface area contributed by atoms with Crippen LogP contribution < -0.4 is 5.32 Å². The standard InChI is InChI=1S/C17H30N2S2/c1-5-18-13(11-20-14-8-6-7-9-14)10-16-19-15(12-21-16)17(2,3)4/h12-14,18H,5-11H2,1-4H3. The van der Waals surface area contributed by atoms with E-state index in [-0.39, 0.29) is 5.41 Å². The first-order valence-electron chi connectivity index (χ1n) is 8.29. The Bertz CT molecular complexity index is 417. The third-order valence-electron chi connectivity index (χ3n) is 4.07. The van der Waals surface area contributed by atoms with Crippen LogP contribution in [0.3, 0.4) is 0 Å². The monoisotopic (exact) mass is 326 g/mol. The fourth-order valence-electron chi connectivity index (χ4n) is 2.75. The molecular weight excluding hydrogens is 296 g/mol. The SMILES string of the molecule is CCNC(CSC1CCCC1)Cc1nc(C(C)(C)C)cs1. The maximum absolute atomic E-state index is 4.85. The van der Waals surface area contributed by atoms with E-state index in [1.54, 1.807) is 0 Å². The molecule has 1 aromatic rings. The van der Waals surface area contributed by atoms with Crippen molar-refractivity contribution in [2.45, 2.75) is 76.5 Å². The summed E-state index contributed by atoms with van der Waals surface area (Å²) < 4.78 is 0. The van der Waals surface area contributed by atoms with Gasteiger partial charge in [0.15, 0.2) is 0 Å². The second kappa shape index (κ2) is 7.98. The summed E-state index contributed by atoms with van der Waals surface area (Å²) in [5, 5.41) is 8.09. The lowest BCUT2D eigenvalue weighted by molar-refractivity contribution is 0.554. The van der Waals surface area contributed by atoms with Gasteiger partial charge in [-0.05, 0) is 19.4 Å². The van der Waals surface area contributed by atoms with Crippen molar-refractivity contribution in [1.82, 2.24) is 10.3 Å². The molecule has 1 aromatic heterocycles. The van der Waals surface area contributed by atoms with Crippen molar-refractivity contribution in [3.05, 3.63) is 16.1 Å². The Kier molecular flexibility index (Phi) is 6.57. The van der Waals surface area contributed by atoms with Crippen molar-refractivity contribution in [3.63, 3.8) is 0 Å². The summed E-state index contributed by atoms with van der Waals surface area (Å²) in [6.07, 6.45) is 6.80. The summed E-state index contributed by atoms with van der Waals surface area (Å²) in [5.41, 5.74) is 1.40. The van der Waals surface area contributed by atoms with Crippen LogP contribution in [0.5, 0.6) is 0 Å². The zero-order valence-electron chi connectivity index (χ0n) is 13.9. The van der Waals surface area contributed by atoms with Gasteiger partial charge in [0.1, 0.15) is 0 Å². The summed E-state index contributed by atoms with van der Waals surface area (Å²) >= 11 is 4.01. The Labute approximate surface area is 138 Å². The maximum atomic E-state index is 4.85. The molecule has 1 aliphatic rings. The van der Waals surface area contributed by atoms with Gasteiger partial charge in [-0.25, -0.2) is 4.98 Å². The number of rotatable bonds is 7. The quantitative estimate of drug-likeness (QED) is 0.790. The molecule has 0 radical (unpaired) electrons. The van der Waals surface area contributed by atoms with E-state index in [0.717, 1.165) is 18.2 Å². The number of hydrogen-bond acceptors (Lipinski definition) is 4. The molecule has 120 valence electrons.